The second-order valence-corrected chi connectivity index (χ2v) is 5.00. The number of thioether (sulfide) groups is 1. The fraction of sp³-hybridized carbons (Fsp3) is 0. The lowest BCUT2D eigenvalue weighted by atomic mass is 10.3. The molecule has 0 radical (unpaired) electrons. The Morgan fingerprint density at radius 2 is 2.38 bits per heavy atom. The number of hydrogen-bond donors (Lipinski definition) is 1. The predicted octanol–water partition coefficient (Wildman–Crippen LogP) is 2.24. The predicted molar refractivity (Wildman–Crippen MR) is 60.6 cm³/mol. The molecule has 2 heterocycles. The van der Waals surface area contributed by atoms with Crippen LogP contribution in [0.4, 0.5) is 0 Å². The summed E-state index contributed by atoms with van der Waals surface area (Å²) in [5, 5.41) is 4.82. The van der Waals surface area contributed by atoms with E-state index in [0.717, 1.165) is 16.6 Å². The summed E-state index contributed by atoms with van der Waals surface area (Å²) >= 11 is 7.52. The van der Waals surface area contributed by atoms with Crippen LogP contribution in [0.15, 0.2) is 23.2 Å². The Balaban J connectivity index is 2.27. The first-order valence-electron chi connectivity index (χ1n) is 3.54. The topological polar surface area (TPSA) is 29.1 Å². The Morgan fingerprint density at radius 3 is 2.92 bits per heavy atom. The van der Waals surface area contributed by atoms with Gasteiger partial charge in [0.05, 0.1) is 5.70 Å². The number of hydrogen-bond acceptors (Lipinski definition) is 4. The maximum absolute atomic E-state index is 11.3. The zero-order chi connectivity index (χ0) is 9.26. The lowest BCUT2D eigenvalue weighted by Crippen LogP contribution is -2.09. The van der Waals surface area contributed by atoms with Crippen LogP contribution in [0, 0.1) is 0 Å². The van der Waals surface area contributed by atoms with Gasteiger partial charge in [-0.05, 0) is 29.3 Å². The summed E-state index contributed by atoms with van der Waals surface area (Å²) in [7, 11) is 0. The standard InChI is InChI=1S/C8H5NOS3/c10-7-6(9-8(11)13-7)4-5-2-1-3-12-5/h1-4H,(H,9,11). The third kappa shape index (κ3) is 1.99. The summed E-state index contributed by atoms with van der Waals surface area (Å²) in [6.45, 7) is 0. The number of carbonyl (C=O) groups excluding carboxylic acids is 1. The summed E-state index contributed by atoms with van der Waals surface area (Å²) in [5.41, 5.74) is 0.581. The molecule has 1 N–H and O–H groups in total. The minimum absolute atomic E-state index is 0.00148. The normalized spacial score (nSPS) is 19.5. The maximum Gasteiger partial charge on any atom is 0.242 e. The Hall–Kier alpha value is -0.650. The molecule has 1 aromatic heterocycles. The zero-order valence-electron chi connectivity index (χ0n) is 6.44. The molecule has 66 valence electrons. The Kier molecular flexibility index (Phi) is 2.48. The van der Waals surface area contributed by atoms with Gasteiger partial charge in [0, 0.05) is 4.88 Å². The van der Waals surface area contributed by atoms with Gasteiger partial charge in [0.25, 0.3) is 0 Å². The number of carbonyl (C=O) groups is 1. The van der Waals surface area contributed by atoms with Gasteiger partial charge in [0.1, 0.15) is 4.32 Å². The van der Waals surface area contributed by atoms with E-state index in [4.69, 9.17) is 12.2 Å². The second kappa shape index (κ2) is 3.61. The molecule has 0 spiro atoms. The first kappa shape index (κ1) is 8.93. The highest BCUT2D eigenvalue weighted by atomic mass is 32.2. The Bertz CT molecular complexity index is 380. The van der Waals surface area contributed by atoms with Crippen LogP contribution in [-0.4, -0.2) is 9.44 Å². The van der Waals surface area contributed by atoms with Crippen molar-refractivity contribution in [3.63, 3.8) is 0 Å². The lowest BCUT2D eigenvalue weighted by Gasteiger charge is -1.92. The van der Waals surface area contributed by atoms with Crippen molar-refractivity contribution < 1.29 is 4.79 Å². The summed E-state index contributed by atoms with van der Waals surface area (Å²) in [4.78, 5) is 12.3. The fourth-order valence-electron chi connectivity index (χ4n) is 0.936. The first-order chi connectivity index (χ1) is 6.25. The lowest BCUT2D eigenvalue weighted by molar-refractivity contribution is -0.107. The average molecular weight is 227 g/mol. The van der Waals surface area contributed by atoms with E-state index >= 15 is 0 Å². The monoisotopic (exact) mass is 227 g/mol. The molecule has 0 bridgehead atoms. The van der Waals surface area contributed by atoms with E-state index in [-0.39, 0.29) is 5.12 Å². The molecule has 2 rings (SSSR count). The maximum atomic E-state index is 11.3. The molecule has 0 atom stereocenters. The molecule has 1 aliphatic heterocycles. The van der Waals surface area contributed by atoms with Crippen molar-refractivity contribution in [3.8, 4) is 0 Å². The third-order valence-corrected chi connectivity index (χ3v) is 3.34. The smallest absolute Gasteiger partial charge is 0.242 e. The average Bonchev–Trinajstić information content (AvgIpc) is 2.63. The van der Waals surface area contributed by atoms with Gasteiger partial charge in [0.2, 0.25) is 5.12 Å². The number of thiocarbonyl (C=S) groups is 1. The highest BCUT2D eigenvalue weighted by Crippen LogP contribution is 2.22. The molecule has 0 aromatic carbocycles. The van der Waals surface area contributed by atoms with Crippen LogP contribution in [-0.2, 0) is 4.79 Å². The summed E-state index contributed by atoms with van der Waals surface area (Å²) in [6.07, 6.45) is 1.82. The Morgan fingerprint density at radius 1 is 1.54 bits per heavy atom. The van der Waals surface area contributed by atoms with E-state index in [9.17, 15) is 4.79 Å². The van der Waals surface area contributed by atoms with Crippen molar-refractivity contribution in [1.29, 1.82) is 0 Å². The van der Waals surface area contributed by atoms with E-state index in [1.807, 2.05) is 23.6 Å². The summed E-state index contributed by atoms with van der Waals surface area (Å²) in [6, 6.07) is 3.90. The van der Waals surface area contributed by atoms with Gasteiger partial charge in [-0.25, -0.2) is 0 Å². The molecule has 1 aliphatic rings. The molecule has 5 heteroatoms. The SMILES string of the molecule is O=C1SC(=S)NC1=Cc1cccs1. The molecule has 1 aromatic rings. The van der Waals surface area contributed by atoms with E-state index in [1.165, 1.54) is 0 Å². The van der Waals surface area contributed by atoms with Gasteiger partial charge < -0.3 is 5.32 Å². The minimum atomic E-state index is -0.00148. The summed E-state index contributed by atoms with van der Waals surface area (Å²) < 4.78 is 0.535. The minimum Gasteiger partial charge on any atom is -0.337 e. The van der Waals surface area contributed by atoms with Crippen molar-refractivity contribution >= 4 is 50.8 Å². The number of nitrogens with one attached hydrogen (secondary N) is 1. The van der Waals surface area contributed by atoms with Crippen molar-refractivity contribution in [2.24, 2.45) is 0 Å². The van der Waals surface area contributed by atoms with E-state index in [0.29, 0.717) is 10.0 Å². The third-order valence-electron chi connectivity index (χ3n) is 1.47. The van der Waals surface area contributed by atoms with Crippen LogP contribution >= 0.6 is 35.3 Å². The molecule has 1 saturated heterocycles. The zero-order valence-corrected chi connectivity index (χ0v) is 8.89. The van der Waals surface area contributed by atoms with Gasteiger partial charge in [-0.15, -0.1) is 11.3 Å². The molecule has 0 saturated carbocycles. The second-order valence-electron chi connectivity index (χ2n) is 2.38. The van der Waals surface area contributed by atoms with E-state index in [1.54, 1.807) is 11.3 Å². The van der Waals surface area contributed by atoms with E-state index in [2.05, 4.69) is 5.32 Å². The van der Waals surface area contributed by atoms with E-state index < -0.39 is 0 Å². The number of thiophene rings is 1. The van der Waals surface area contributed by atoms with Crippen LogP contribution < -0.4 is 5.32 Å². The van der Waals surface area contributed by atoms with Crippen molar-refractivity contribution in [3.05, 3.63) is 28.1 Å². The molecule has 1 fully saturated rings. The number of rotatable bonds is 1. The van der Waals surface area contributed by atoms with Gasteiger partial charge in [-0.1, -0.05) is 18.3 Å². The quantitative estimate of drug-likeness (QED) is 0.588. The van der Waals surface area contributed by atoms with Crippen molar-refractivity contribution in [2.75, 3.05) is 0 Å². The van der Waals surface area contributed by atoms with Crippen LogP contribution in [0.1, 0.15) is 4.88 Å². The highest BCUT2D eigenvalue weighted by Gasteiger charge is 2.21. The molecule has 0 aliphatic carbocycles. The molecular weight excluding hydrogens is 222 g/mol. The first-order valence-corrected chi connectivity index (χ1v) is 5.64. The van der Waals surface area contributed by atoms with Gasteiger partial charge >= 0.3 is 0 Å². The molecule has 0 unspecified atom stereocenters. The van der Waals surface area contributed by atoms with Crippen LogP contribution in [0.5, 0.6) is 0 Å². The van der Waals surface area contributed by atoms with Gasteiger partial charge in [-0.3, -0.25) is 4.79 Å². The van der Waals surface area contributed by atoms with Crippen LogP contribution in [0.25, 0.3) is 6.08 Å². The van der Waals surface area contributed by atoms with Crippen molar-refractivity contribution in [2.45, 2.75) is 0 Å². The van der Waals surface area contributed by atoms with Crippen LogP contribution in [0.3, 0.4) is 0 Å². The van der Waals surface area contributed by atoms with Gasteiger partial charge in [0.15, 0.2) is 0 Å². The fourth-order valence-corrected chi connectivity index (χ4v) is 2.48. The Labute approximate surface area is 89.0 Å². The summed E-state index contributed by atoms with van der Waals surface area (Å²) in [5.74, 6) is 0. The molecular formula is C8H5NOS3. The highest BCUT2D eigenvalue weighted by molar-refractivity contribution is 8.33. The van der Waals surface area contributed by atoms with Crippen molar-refractivity contribution in [1.82, 2.24) is 5.32 Å². The molecule has 13 heavy (non-hydrogen) atoms. The van der Waals surface area contributed by atoms with Gasteiger partial charge in [-0.2, -0.15) is 0 Å². The largest absolute Gasteiger partial charge is 0.337 e. The molecule has 2 nitrogen and oxygen atoms in total. The molecule has 0 amide bonds. The van der Waals surface area contributed by atoms with Crippen LogP contribution in [0.2, 0.25) is 0 Å².